The van der Waals surface area contributed by atoms with Gasteiger partial charge in [0.1, 0.15) is 0 Å². The fourth-order valence-corrected chi connectivity index (χ4v) is 2.38. The van der Waals surface area contributed by atoms with E-state index in [0.29, 0.717) is 4.90 Å². The Morgan fingerprint density at radius 3 is 1.93 bits per heavy atom. The molecule has 0 aromatic heterocycles. The third kappa shape index (κ3) is 2.98. The van der Waals surface area contributed by atoms with Crippen molar-refractivity contribution in [2.75, 3.05) is 5.08 Å². The third-order valence-corrected chi connectivity index (χ3v) is 4.60. The zero-order valence-corrected chi connectivity index (χ0v) is 10.9. The van der Waals surface area contributed by atoms with E-state index in [1.165, 1.54) is 0 Å². The van der Waals surface area contributed by atoms with E-state index in [-0.39, 0.29) is 10.5 Å². The zero-order valence-electron chi connectivity index (χ0n) is 9.19. The molecule has 0 aliphatic heterocycles. The molecule has 15 heavy (non-hydrogen) atoms. The Morgan fingerprint density at radius 2 is 1.60 bits per heavy atom. The molecule has 84 valence electrons. The predicted octanol–water partition coefficient (Wildman–Crippen LogP) is 2.65. The van der Waals surface area contributed by atoms with E-state index < -0.39 is 9.84 Å². The van der Waals surface area contributed by atoms with Crippen LogP contribution in [-0.4, -0.2) is 13.5 Å². The fourth-order valence-electron chi connectivity index (χ4n) is 1.24. The number of rotatable bonds is 2. The molecule has 4 heteroatoms. The first-order chi connectivity index (χ1) is 6.77. The molecule has 0 saturated carbocycles. The van der Waals surface area contributed by atoms with Gasteiger partial charge in [-0.1, -0.05) is 32.9 Å². The highest BCUT2D eigenvalue weighted by Gasteiger charge is 2.16. The van der Waals surface area contributed by atoms with Crippen molar-refractivity contribution in [3.05, 3.63) is 29.8 Å². The first kappa shape index (κ1) is 12.6. The first-order valence-electron chi connectivity index (χ1n) is 4.71. The Kier molecular flexibility index (Phi) is 3.51. The minimum atomic E-state index is -3.20. The summed E-state index contributed by atoms with van der Waals surface area (Å²) in [5, 5.41) is -0.151. The molecular weight excluding hydrogens is 228 g/mol. The van der Waals surface area contributed by atoms with E-state index in [2.05, 4.69) is 33.4 Å². The van der Waals surface area contributed by atoms with Crippen LogP contribution < -0.4 is 0 Å². The summed E-state index contributed by atoms with van der Waals surface area (Å²) >= 11 is 3.81. The lowest BCUT2D eigenvalue weighted by Gasteiger charge is -2.18. The summed E-state index contributed by atoms with van der Waals surface area (Å²) in [6.07, 6.45) is 0. The molecule has 0 aliphatic carbocycles. The second-order valence-corrected chi connectivity index (χ2v) is 7.25. The van der Waals surface area contributed by atoms with Crippen molar-refractivity contribution in [1.29, 1.82) is 0 Å². The summed E-state index contributed by atoms with van der Waals surface area (Å²) in [5.74, 6) is 0. The lowest BCUT2D eigenvalue weighted by Crippen LogP contribution is -2.11. The molecule has 0 radical (unpaired) electrons. The molecule has 0 fully saturated rings. The van der Waals surface area contributed by atoms with Crippen LogP contribution in [0.4, 0.5) is 0 Å². The molecule has 0 heterocycles. The Balaban J connectivity index is 3.12. The van der Waals surface area contributed by atoms with Crippen molar-refractivity contribution in [3.8, 4) is 0 Å². The van der Waals surface area contributed by atoms with Crippen LogP contribution in [0.15, 0.2) is 29.2 Å². The summed E-state index contributed by atoms with van der Waals surface area (Å²) in [5.41, 5.74) is 1.17. The van der Waals surface area contributed by atoms with Gasteiger partial charge in [-0.15, -0.1) is 0 Å². The van der Waals surface area contributed by atoms with E-state index in [0.717, 1.165) is 5.56 Å². The molecule has 0 spiro atoms. The highest BCUT2D eigenvalue weighted by atomic mass is 32.2. The molecule has 0 amide bonds. The lowest BCUT2D eigenvalue weighted by atomic mass is 9.87. The van der Waals surface area contributed by atoms with Gasteiger partial charge >= 0.3 is 0 Å². The van der Waals surface area contributed by atoms with Crippen molar-refractivity contribution in [2.24, 2.45) is 0 Å². The Morgan fingerprint density at radius 1 is 1.13 bits per heavy atom. The van der Waals surface area contributed by atoms with Gasteiger partial charge in [-0.2, -0.15) is 12.6 Å². The standard InChI is InChI=1S/C11H16O2S2/c1-11(2,3)9-4-6-10(7-5-9)15(12,13)8-14/h4-7,14H,8H2,1-3H3. The van der Waals surface area contributed by atoms with Crippen LogP contribution in [0.5, 0.6) is 0 Å². The monoisotopic (exact) mass is 244 g/mol. The largest absolute Gasteiger partial charge is 0.223 e. The summed E-state index contributed by atoms with van der Waals surface area (Å²) in [6.45, 7) is 6.28. The van der Waals surface area contributed by atoms with Gasteiger partial charge in [-0.05, 0) is 23.1 Å². The molecule has 0 unspecified atom stereocenters. The highest BCUT2D eigenvalue weighted by Crippen LogP contribution is 2.23. The SMILES string of the molecule is CC(C)(C)c1ccc(S(=O)(=O)CS)cc1. The van der Waals surface area contributed by atoms with Gasteiger partial charge < -0.3 is 0 Å². The number of hydrogen-bond acceptors (Lipinski definition) is 3. The average Bonchev–Trinajstić information content (AvgIpc) is 2.17. The van der Waals surface area contributed by atoms with Crippen LogP contribution in [0.2, 0.25) is 0 Å². The summed E-state index contributed by atoms with van der Waals surface area (Å²) in [4.78, 5) is 0.338. The topological polar surface area (TPSA) is 34.1 Å². The van der Waals surface area contributed by atoms with Gasteiger partial charge in [-0.3, -0.25) is 0 Å². The molecule has 0 N–H and O–H groups in total. The van der Waals surface area contributed by atoms with Crippen molar-refractivity contribution in [2.45, 2.75) is 31.1 Å². The predicted molar refractivity (Wildman–Crippen MR) is 66.2 cm³/mol. The van der Waals surface area contributed by atoms with Gasteiger partial charge in [0.15, 0.2) is 9.84 Å². The van der Waals surface area contributed by atoms with E-state index in [9.17, 15) is 8.42 Å². The van der Waals surface area contributed by atoms with Crippen molar-refractivity contribution >= 4 is 22.5 Å². The molecule has 1 rings (SSSR count). The number of hydrogen-bond donors (Lipinski definition) is 1. The van der Waals surface area contributed by atoms with Gasteiger partial charge in [0.05, 0.1) is 9.98 Å². The molecule has 0 aliphatic rings. The average molecular weight is 244 g/mol. The molecule has 1 aromatic carbocycles. The van der Waals surface area contributed by atoms with Crippen LogP contribution in [0, 0.1) is 0 Å². The second-order valence-electron chi connectivity index (χ2n) is 4.52. The van der Waals surface area contributed by atoms with Crippen LogP contribution in [0.25, 0.3) is 0 Å². The fraction of sp³-hybridized carbons (Fsp3) is 0.455. The zero-order chi connectivity index (χ0) is 11.7. The van der Waals surface area contributed by atoms with E-state index >= 15 is 0 Å². The van der Waals surface area contributed by atoms with Crippen molar-refractivity contribution in [1.82, 2.24) is 0 Å². The summed E-state index contributed by atoms with van der Waals surface area (Å²) in [6, 6.07) is 7.00. The van der Waals surface area contributed by atoms with Gasteiger partial charge in [0.25, 0.3) is 0 Å². The Labute approximate surface area is 97.0 Å². The molecule has 1 aromatic rings. The minimum absolute atomic E-state index is 0.0449. The van der Waals surface area contributed by atoms with Crippen LogP contribution in [0.3, 0.4) is 0 Å². The van der Waals surface area contributed by atoms with E-state index in [4.69, 9.17) is 0 Å². The van der Waals surface area contributed by atoms with Crippen molar-refractivity contribution < 1.29 is 8.42 Å². The normalized spacial score (nSPS) is 12.8. The Hall–Kier alpha value is -0.480. The van der Waals surface area contributed by atoms with Crippen LogP contribution in [0.1, 0.15) is 26.3 Å². The summed E-state index contributed by atoms with van der Waals surface area (Å²) in [7, 11) is -3.20. The minimum Gasteiger partial charge on any atom is -0.223 e. The second kappa shape index (κ2) is 4.18. The first-order valence-corrected chi connectivity index (χ1v) is 7.00. The quantitative estimate of drug-likeness (QED) is 0.812. The van der Waals surface area contributed by atoms with Crippen molar-refractivity contribution in [3.63, 3.8) is 0 Å². The maximum atomic E-state index is 11.5. The Bertz CT molecular complexity index is 425. The van der Waals surface area contributed by atoms with Crippen LogP contribution in [-0.2, 0) is 15.3 Å². The molecule has 0 bridgehead atoms. The third-order valence-electron chi connectivity index (χ3n) is 2.25. The van der Waals surface area contributed by atoms with Gasteiger partial charge in [0.2, 0.25) is 0 Å². The lowest BCUT2D eigenvalue weighted by molar-refractivity contribution is 0.587. The molecule has 0 atom stereocenters. The maximum Gasteiger partial charge on any atom is 0.187 e. The summed E-state index contributed by atoms with van der Waals surface area (Å²) < 4.78 is 23.0. The molecule has 0 saturated heterocycles. The number of sulfone groups is 1. The van der Waals surface area contributed by atoms with Gasteiger partial charge in [0, 0.05) is 0 Å². The van der Waals surface area contributed by atoms with E-state index in [1.807, 2.05) is 12.1 Å². The highest BCUT2D eigenvalue weighted by molar-refractivity contribution is 8.03. The molecule has 2 nitrogen and oxygen atoms in total. The van der Waals surface area contributed by atoms with Crippen LogP contribution >= 0.6 is 12.6 Å². The number of thiol groups is 1. The maximum absolute atomic E-state index is 11.5. The smallest absolute Gasteiger partial charge is 0.187 e. The van der Waals surface area contributed by atoms with Gasteiger partial charge in [-0.25, -0.2) is 8.42 Å². The van der Waals surface area contributed by atoms with E-state index in [1.54, 1.807) is 12.1 Å². The molecular formula is C11H16O2S2. The number of benzene rings is 1.